The molecule has 0 saturated heterocycles. The summed E-state index contributed by atoms with van der Waals surface area (Å²) >= 11 is 14.3. The molecule has 286 valence electrons. The number of aryl methyl sites for hydroxylation is 1. The highest BCUT2D eigenvalue weighted by molar-refractivity contribution is 14.1. The van der Waals surface area contributed by atoms with Crippen molar-refractivity contribution < 1.29 is 43.9 Å². The van der Waals surface area contributed by atoms with Crippen LogP contribution in [0.25, 0.3) is 22.0 Å². The van der Waals surface area contributed by atoms with Crippen LogP contribution in [0.3, 0.4) is 0 Å². The second kappa shape index (κ2) is 13.2. The maximum absolute atomic E-state index is 15.9. The second-order valence-corrected chi connectivity index (χ2v) is 17.6. The van der Waals surface area contributed by atoms with Gasteiger partial charge in [0.05, 0.1) is 37.3 Å². The standard InChI is InChI=1S/C33H25Cl2F7IN7O3S/c1-49-27-18(3-5-20(34)25(27)30(47-49)48-54(2,52)53)17-4-6-22(35)45-26(17)21(11-14-9-15(36)12-16(37)10-14)44-23(51)13-50-29-24(28(46-50)33(40,41)42)19-7-8-31(19,43)32(29,38)39/h3-6,9-10,12,19,21H,7-8,11,13H2,1-2H3,(H,44,51)(H,47,48)/t19-,21+,31+/m1/s1. The summed E-state index contributed by atoms with van der Waals surface area (Å²) in [6.45, 7) is -1.08. The van der Waals surface area contributed by atoms with Crippen molar-refractivity contribution in [3.63, 3.8) is 0 Å². The molecule has 1 fully saturated rings. The van der Waals surface area contributed by atoms with Gasteiger partial charge in [-0.2, -0.15) is 32.1 Å². The summed E-state index contributed by atoms with van der Waals surface area (Å²) < 4.78 is 130. The summed E-state index contributed by atoms with van der Waals surface area (Å²) in [5.41, 5.74) is -2.27. The van der Waals surface area contributed by atoms with E-state index in [9.17, 15) is 35.2 Å². The Morgan fingerprint density at radius 3 is 2.35 bits per heavy atom. The van der Waals surface area contributed by atoms with Crippen LogP contribution >= 0.6 is 45.8 Å². The molecule has 3 aromatic heterocycles. The van der Waals surface area contributed by atoms with Gasteiger partial charge in [0.25, 0.3) is 0 Å². The molecule has 54 heavy (non-hydrogen) atoms. The van der Waals surface area contributed by atoms with E-state index in [4.69, 9.17) is 23.2 Å². The lowest BCUT2D eigenvalue weighted by atomic mass is 9.72. The number of hydrogen-bond acceptors (Lipinski definition) is 6. The number of benzene rings is 2. The number of aromatic nitrogens is 5. The first kappa shape index (κ1) is 38.6. The fraction of sp³-hybridized carbons (Fsp3) is 0.333. The highest BCUT2D eigenvalue weighted by Gasteiger charge is 2.72. The molecule has 2 N–H and O–H groups in total. The van der Waals surface area contributed by atoms with Crippen molar-refractivity contribution >= 4 is 78.4 Å². The van der Waals surface area contributed by atoms with Crippen LogP contribution in [0, 0.1) is 11.6 Å². The Morgan fingerprint density at radius 2 is 1.74 bits per heavy atom. The topological polar surface area (TPSA) is 124 Å². The van der Waals surface area contributed by atoms with Gasteiger partial charge in [0.2, 0.25) is 15.9 Å². The van der Waals surface area contributed by atoms with Gasteiger partial charge in [0, 0.05) is 35.7 Å². The number of nitrogens with one attached hydrogen (secondary N) is 2. The zero-order valence-corrected chi connectivity index (χ0v) is 32.2. The van der Waals surface area contributed by atoms with E-state index >= 15 is 8.78 Å². The van der Waals surface area contributed by atoms with Crippen LogP contribution in [0.2, 0.25) is 10.2 Å². The Bertz CT molecular complexity index is 2480. The predicted octanol–water partition coefficient (Wildman–Crippen LogP) is 8.06. The van der Waals surface area contributed by atoms with Crippen molar-refractivity contribution in [1.29, 1.82) is 0 Å². The number of anilines is 1. The Balaban J connectivity index is 1.34. The van der Waals surface area contributed by atoms with E-state index in [1.807, 2.05) is 0 Å². The van der Waals surface area contributed by atoms with Crippen molar-refractivity contribution in [2.75, 3.05) is 11.0 Å². The molecule has 1 saturated carbocycles. The van der Waals surface area contributed by atoms with Gasteiger partial charge in [-0.1, -0.05) is 51.9 Å². The lowest BCUT2D eigenvalue weighted by Crippen LogP contribution is -2.47. The number of sulfonamides is 1. The molecule has 3 heterocycles. The summed E-state index contributed by atoms with van der Waals surface area (Å²) in [4.78, 5) is 18.3. The van der Waals surface area contributed by atoms with E-state index in [1.165, 1.54) is 52.5 Å². The lowest BCUT2D eigenvalue weighted by Gasteiger charge is -2.43. The van der Waals surface area contributed by atoms with E-state index < -0.39 is 78.5 Å². The molecule has 0 bridgehead atoms. The summed E-state index contributed by atoms with van der Waals surface area (Å²) in [7, 11) is -2.31. The van der Waals surface area contributed by atoms with Gasteiger partial charge in [0.15, 0.2) is 11.5 Å². The maximum Gasteiger partial charge on any atom is 0.435 e. The number of hydrogen-bond donors (Lipinski definition) is 2. The van der Waals surface area contributed by atoms with Gasteiger partial charge in [0.1, 0.15) is 29.0 Å². The molecule has 3 atom stereocenters. The SMILES string of the molecule is Cn1nc(NS(C)(=O)=O)c2c(Cl)ccc(-c3ccc(Cl)nc3[C@H](Cc3cc(F)cc(F)c3)NC(=O)Cn3nc(C(F)(F)F)c4c3C(F)(F)[C@]3(I)CC[C@H]43)c21. The minimum absolute atomic E-state index is 0.0146. The monoisotopic (exact) mass is 929 g/mol. The molecule has 0 spiro atoms. The van der Waals surface area contributed by atoms with E-state index in [1.54, 1.807) is 6.07 Å². The third-order valence-electron chi connectivity index (χ3n) is 9.50. The van der Waals surface area contributed by atoms with Gasteiger partial charge in [-0.05, 0) is 55.2 Å². The minimum Gasteiger partial charge on any atom is -0.346 e. The van der Waals surface area contributed by atoms with Crippen LogP contribution in [0.4, 0.5) is 36.6 Å². The van der Waals surface area contributed by atoms with Crippen LogP contribution < -0.4 is 10.0 Å². The molecule has 1 amide bonds. The van der Waals surface area contributed by atoms with Crippen molar-refractivity contribution in [1.82, 2.24) is 29.9 Å². The molecule has 5 aromatic rings. The molecular weight excluding hydrogens is 905 g/mol. The summed E-state index contributed by atoms with van der Waals surface area (Å²) in [5.74, 6) is -7.97. The molecule has 10 nitrogen and oxygen atoms in total. The van der Waals surface area contributed by atoms with Gasteiger partial charge < -0.3 is 5.32 Å². The lowest BCUT2D eigenvalue weighted by molar-refractivity contribution is -0.143. The van der Waals surface area contributed by atoms with Crippen LogP contribution in [-0.4, -0.2) is 48.5 Å². The largest absolute Gasteiger partial charge is 0.435 e. The van der Waals surface area contributed by atoms with E-state index in [0.29, 0.717) is 16.3 Å². The molecule has 7 rings (SSSR count). The molecule has 2 aliphatic carbocycles. The van der Waals surface area contributed by atoms with Crippen LogP contribution in [-0.2, 0) is 46.9 Å². The first-order chi connectivity index (χ1) is 25.1. The molecule has 21 heteroatoms. The number of rotatable bonds is 9. The highest BCUT2D eigenvalue weighted by atomic mass is 127. The Morgan fingerprint density at radius 1 is 1.07 bits per heavy atom. The van der Waals surface area contributed by atoms with Crippen molar-refractivity contribution in [2.45, 2.75) is 53.3 Å². The van der Waals surface area contributed by atoms with Crippen LogP contribution in [0.1, 0.15) is 53.0 Å². The molecule has 2 aromatic carbocycles. The molecule has 0 radical (unpaired) electrons. The smallest absolute Gasteiger partial charge is 0.346 e. The van der Waals surface area contributed by atoms with Crippen molar-refractivity contribution in [3.05, 3.63) is 92.5 Å². The van der Waals surface area contributed by atoms with Crippen LogP contribution in [0.15, 0.2) is 42.5 Å². The summed E-state index contributed by atoms with van der Waals surface area (Å²) in [5, 5.41) is 10.5. The van der Waals surface area contributed by atoms with Crippen molar-refractivity contribution in [3.8, 4) is 11.1 Å². The number of halogens is 10. The maximum atomic E-state index is 15.9. The number of alkyl halides is 6. The number of carbonyl (C=O) groups excluding carboxylic acids is 1. The Kier molecular flexibility index (Phi) is 9.44. The number of amides is 1. The van der Waals surface area contributed by atoms with Gasteiger partial charge in [-0.3, -0.25) is 18.9 Å². The van der Waals surface area contributed by atoms with E-state index in [2.05, 4.69) is 25.2 Å². The molecule has 2 aliphatic rings. The fourth-order valence-electron chi connectivity index (χ4n) is 7.29. The first-order valence-corrected chi connectivity index (χ1v) is 19.6. The third-order valence-corrected chi connectivity index (χ3v) is 12.6. The van der Waals surface area contributed by atoms with Gasteiger partial charge in [-0.25, -0.2) is 22.2 Å². The third kappa shape index (κ3) is 6.57. The summed E-state index contributed by atoms with van der Waals surface area (Å²) in [6, 6.07) is 7.15. The number of nitrogens with zero attached hydrogens (tertiary/aromatic N) is 5. The van der Waals surface area contributed by atoms with Gasteiger partial charge >= 0.3 is 12.1 Å². The normalized spacial score (nSPS) is 19.7. The van der Waals surface area contributed by atoms with E-state index in [-0.39, 0.29) is 63.0 Å². The van der Waals surface area contributed by atoms with Gasteiger partial charge in [-0.15, -0.1) is 0 Å². The predicted molar refractivity (Wildman–Crippen MR) is 193 cm³/mol. The minimum atomic E-state index is -5.09. The average Bonchev–Trinajstić information content (AvgIpc) is 3.59. The number of pyridine rings is 1. The van der Waals surface area contributed by atoms with Crippen LogP contribution in [0.5, 0.6) is 0 Å². The summed E-state index contributed by atoms with van der Waals surface area (Å²) in [6.07, 6.45) is -4.50. The molecule has 0 aliphatic heterocycles. The van der Waals surface area contributed by atoms with Crippen molar-refractivity contribution in [2.24, 2.45) is 7.05 Å². The zero-order valence-electron chi connectivity index (χ0n) is 27.7. The Hall–Kier alpha value is -3.69. The zero-order chi connectivity index (χ0) is 39.3. The highest BCUT2D eigenvalue weighted by Crippen LogP contribution is 2.70. The average molecular weight is 930 g/mol. The fourth-order valence-corrected chi connectivity index (χ4v) is 9.37. The number of fused-ring (bicyclic) bond motifs is 4. The van der Waals surface area contributed by atoms with E-state index in [0.717, 1.165) is 18.4 Å². The first-order valence-electron chi connectivity index (χ1n) is 15.9. The number of carbonyl (C=O) groups is 1. The Labute approximate surface area is 325 Å². The molecule has 0 unspecified atom stereocenters. The second-order valence-electron chi connectivity index (χ2n) is 13.1. The quantitative estimate of drug-likeness (QED) is 0.0668. The molecular formula is C33H25Cl2F7IN7O3S.